The molecule has 0 bridgehead atoms. The van der Waals surface area contributed by atoms with Crippen LogP contribution in [0.1, 0.15) is 11.1 Å². The van der Waals surface area contributed by atoms with Gasteiger partial charge in [0.1, 0.15) is 5.75 Å². The highest BCUT2D eigenvalue weighted by atomic mass is 35.5. The summed E-state index contributed by atoms with van der Waals surface area (Å²) < 4.78 is 5.26. The highest BCUT2D eigenvalue weighted by Gasteiger charge is 2.05. The SMILES string of the molecule is Cc1ccc(NCc2ccccc2OCC(=O)O)cc1Cl. The fourth-order valence-corrected chi connectivity index (χ4v) is 2.01. The summed E-state index contributed by atoms with van der Waals surface area (Å²) >= 11 is 6.08. The number of aliphatic carboxylic acids is 1. The zero-order valence-corrected chi connectivity index (χ0v) is 12.4. The molecule has 0 aliphatic heterocycles. The van der Waals surface area contributed by atoms with Gasteiger partial charge in [0.15, 0.2) is 6.61 Å². The highest BCUT2D eigenvalue weighted by Crippen LogP contribution is 2.23. The molecule has 0 saturated heterocycles. The van der Waals surface area contributed by atoms with E-state index in [4.69, 9.17) is 21.4 Å². The van der Waals surface area contributed by atoms with Crippen LogP contribution in [0.25, 0.3) is 0 Å². The molecule has 0 saturated carbocycles. The van der Waals surface area contributed by atoms with Gasteiger partial charge < -0.3 is 15.2 Å². The van der Waals surface area contributed by atoms with Gasteiger partial charge >= 0.3 is 5.97 Å². The van der Waals surface area contributed by atoms with Crippen molar-refractivity contribution in [3.05, 3.63) is 58.6 Å². The molecule has 0 radical (unpaired) electrons. The number of para-hydroxylation sites is 1. The first-order valence-electron chi connectivity index (χ1n) is 6.49. The second kappa shape index (κ2) is 6.99. The quantitative estimate of drug-likeness (QED) is 0.854. The van der Waals surface area contributed by atoms with Gasteiger partial charge in [0.2, 0.25) is 0 Å². The van der Waals surface area contributed by atoms with Crippen LogP contribution < -0.4 is 10.1 Å². The van der Waals surface area contributed by atoms with E-state index in [9.17, 15) is 4.79 Å². The van der Waals surface area contributed by atoms with Crippen LogP contribution in [0.3, 0.4) is 0 Å². The zero-order chi connectivity index (χ0) is 15.2. The normalized spacial score (nSPS) is 10.2. The first-order valence-corrected chi connectivity index (χ1v) is 6.86. The Bertz CT molecular complexity index is 643. The predicted molar refractivity (Wildman–Crippen MR) is 83.1 cm³/mol. The van der Waals surface area contributed by atoms with Crippen molar-refractivity contribution in [3.8, 4) is 5.75 Å². The van der Waals surface area contributed by atoms with Gasteiger partial charge in [-0.3, -0.25) is 0 Å². The molecule has 0 spiro atoms. The Morgan fingerprint density at radius 2 is 2.05 bits per heavy atom. The first kappa shape index (κ1) is 15.2. The summed E-state index contributed by atoms with van der Waals surface area (Å²) in [5.41, 5.74) is 2.81. The van der Waals surface area contributed by atoms with Gasteiger partial charge in [-0.2, -0.15) is 0 Å². The van der Waals surface area contributed by atoms with E-state index in [0.29, 0.717) is 17.3 Å². The zero-order valence-electron chi connectivity index (χ0n) is 11.6. The fourth-order valence-electron chi connectivity index (χ4n) is 1.83. The van der Waals surface area contributed by atoms with Crippen molar-refractivity contribution in [2.45, 2.75) is 13.5 Å². The van der Waals surface area contributed by atoms with Crippen LogP contribution in [0.4, 0.5) is 5.69 Å². The molecule has 21 heavy (non-hydrogen) atoms. The average Bonchev–Trinajstić information content (AvgIpc) is 2.47. The molecule has 4 nitrogen and oxygen atoms in total. The molecule has 2 aromatic rings. The van der Waals surface area contributed by atoms with Crippen molar-refractivity contribution < 1.29 is 14.6 Å². The maximum Gasteiger partial charge on any atom is 0.341 e. The van der Waals surface area contributed by atoms with Gasteiger partial charge in [-0.05, 0) is 30.7 Å². The number of rotatable bonds is 6. The summed E-state index contributed by atoms with van der Waals surface area (Å²) in [5.74, 6) is -0.436. The number of hydrogen-bond acceptors (Lipinski definition) is 3. The van der Waals surface area contributed by atoms with Gasteiger partial charge in [0.25, 0.3) is 0 Å². The van der Waals surface area contributed by atoms with E-state index in [1.54, 1.807) is 6.07 Å². The van der Waals surface area contributed by atoms with Crippen LogP contribution in [0, 0.1) is 6.92 Å². The summed E-state index contributed by atoms with van der Waals surface area (Å²) in [6.07, 6.45) is 0. The molecule has 5 heteroatoms. The van der Waals surface area contributed by atoms with E-state index in [1.165, 1.54) is 0 Å². The van der Waals surface area contributed by atoms with E-state index in [2.05, 4.69) is 5.32 Å². The highest BCUT2D eigenvalue weighted by molar-refractivity contribution is 6.31. The number of anilines is 1. The van der Waals surface area contributed by atoms with Gasteiger partial charge in [-0.15, -0.1) is 0 Å². The van der Waals surface area contributed by atoms with Crippen LogP contribution in [-0.4, -0.2) is 17.7 Å². The number of carboxylic acid groups (broad SMARTS) is 1. The van der Waals surface area contributed by atoms with Gasteiger partial charge in [-0.25, -0.2) is 4.79 Å². The second-order valence-corrected chi connectivity index (χ2v) is 5.01. The largest absolute Gasteiger partial charge is 0.482 e. The Labute approximate surface area is 128 Å². The van der Waals surface area contributed by atoms with Crippen molar-refractivity contribution in [3.63, 3.8) is 0 Å². The maximum atomic E-state index is 10.6. The molecule has 2 aromatic carbocycles. The molecule has 0 unspecified atom stereocenters. The third-order valence-electron chi connectivity index (χ3n) is 2.98. The molecule has 110 valence electrons. The lowest BCUT2D eigenvalue weighted by Gasteiger charge is -2.12. The standard InChI is InChI=1S/C16H16ClNO3/c1-11-6-7-13(8-14(11)17)18-9-12-4-2-3-5-15(12)21-10-16(19)20/h2-8,18H,9-10H2,1H3,(H,19,20). The van der Waals surface area contributed by atoms with E-state index < -0.39 is 5.97 Å². The molecule has 0 amide bonds. The van der Waals surface area contributed by atoms with Crippen LogP contribution >= 0.6 is 11.6 Å². The van der Waals surface area contributed by atoms with E-state index >= 15 is 0 Å². The fraction of sp³-hybridized carbons (Fsp3) is 0.188. The molecule has 0 aliphatic carbocycles. The number of halogens is 1. The Morgan fingerprint density at radius 1 is 1.29 bits per heavy atom. The molecule has 0 fully saturated rings. The number of aryl methyl sites for hydroxylation is 1. The third-order valence-corrected chi connectivity index (χ3v) is 3.39. The van der Waals surface area contributed by atoms with Crippen molar-refractivity contribution in [2.24, 2.45) is 0 Å². The number of carbonyl (C=O) groups is 1. The number of benzene rings is 2. The minimum atomic E-state index is -0.997. The van der Waals surface area contributed by atoms with Crippen molar-refractivity contribution in [2.75, 3.05) is 11.9 Å². The van der Waals surface area contributed by atoms with Crippen molar-refractivity contribution in [1.82, 2.24) is 0 Å². The molecule has 2 rings (SSSR count). The maximum absolute atomic E-state index is 10.6. The molecule has 0 heterocycles. The lowest BCUT2D eigenvalue weighted by atomic mass is 10.2. The summed E-state index contributed by atoms with van der Waals surface area (Å²) in [6.45, 7) is 2.11. The molecule has 2 N–H and O–H groups in total. The van der Waals surface area contributed by atoms with E-state index in [-0.39, 0.29) is 6.61 Å². The number of hydrogen-bond donors (Lipinski definition) is 2. The molecule has 0 aromatic heterocycles. The first-order chi connectivity index (χ1) is 10.1. The minimum Gasteiger partial charge on any atom is -0.482 e. The monoisotopic (exact) mass is 305 g/mol. The smallest absolute Gasteiger partial charge is 0.341 e. The van der Waals surface area contributed by atoms with Crippen LogP contribution in [-0.2, 0) is 11.3 Å². The molecule has 0 atom stereocenters. The molecule has 0 aliphatic rings. The van der Waals surface area contributed by atoms with E-state index in [1.807, 2.05) is 43.3 Å². The Hall–Kier alpha value is -2.20. The average molecular weight is 306 g/mol. The van der Waals surface area contributed by atoms with Crippen LogP contribution in [0.5, 0.6) is 5.75 Å². The lowest BCUT2D eigenvalue weighted by Crippen LogP contribution is -2.11. The van der Waals surface area contributed by atoms with Gasteiger partial charge in [-0.1, -0.05) is 35.9 Å². The Morgan fingerprint density at radius 3 is 2.76 bits per heavy atom. The Kier molecular flexibility index (Phi) is 5.06. The predicted octanol–water partition coefficient (Wildman–Crippen LogP) is 3.72. The second-order valence-electron chi connectivity index (χ2n) is 4.61. The van der Waals surface area contributed by atoms with Crippen LogP contribution in [0.15, 0.2) is 42.5 Å². The summed E-state index contributed by atoms with van der Waals surface area (Å²) in [4.78, 5) is 10.6. The van der Waals surface area contributed by atoms with Crippen molar-refractivity contribution >= 4 is 23.3 Å². The van der Waals surface area contributed by atoms with Gasteiger partial charge in [0, 0.05) is 22.8 Å². The Balaban J connectivity index is 2.05. The number of ether oxygens (including phenoxy) is 1. The van der Waals surface area contributed by atoms with Gasteiger partial charge in [0.05, 0.1) is 0 Å². The molecular formula is C16H16ClNO3. The number of carboxylic acids is 1. The number of nitrogens with one attached hydrogen (secondary N) is 1. The molecular weight excluding hydrogens is 290 g/mol. The third kappa shape index (κ3) is 4.39. The summed E-state index contributed by atoms with van der Waals surface area (Å²) in [6, 6.07) is 13.1. The topological polar surface area (TPSA) is 58.6 Å². The van der Waals surface area contributed by atoms with Crippen LogP contribution in [0.2, 0.25) is 5.02 Å². The summed E-state index contributed by atoms with van der Waals surface area (Å²) in [7, 11) is 0. The minimum absolute atomic E-state index is 0.354. The van der Waals surface area contributed by atoms with E-state index in [0.717, 1.165) is 16.8 Å². The lowest BCUT2D eigenvalue weighted by molar-refractivity contribution is -0.139. The van der Waals surface area contributed by atoms with Crippen molar-refractivity contribution in [1.29, 1.82) is 0 Å². The summed E-state index contributed by atoms with van der Waals surface area (Å²) in [5, 5.41) is 12.6.